The van der Waals surface area contributed by atoms with E-state index in [9.17, 15) is 0 Å². The summed E-state index contributed by atoms with van der Waals surface area (Å²) in [4.78, 5) is 0. The van der Waals surface area contributed by atoms with E-state index in [-0.39, 0.29) is 5.60 Å². The van der Waals surface area contributed by atoms with E-state index in [4.69, 9.17) is 9.47 Å². The van der Waals surface area contributed by atoms with Crippen molar-refractivity contribution in [2.75, 3.05) is 19.9 Å². The van der Waals surface area contributed by atoms with Crippen molar-refractivity contribution in [2.24, 2.45) is 0 Å². The first-order valence-corrected chi connectivity index (χ1v) is 5.04. The van der Waals surface area contributed by atoms with Crippen molar-refractivity contribution in [2.45, 2.75) is 45.3 Å². The Hall–Kier alpha value is -0.120. The summed E-state index contributed by atoms with van der Waals surface area (Å²) in [5.74, 6) is 0. The summed E-state index contributed by atoms with van der Waals surface area (Å²) < 4.78 is 11.1. The Balaban J connectivity index is 2.04. The maximum atomic E-state index is 5.57. The summed E-state index contributed by atoms with van der Waals surface area (Å²) in [6.07, 6.45) is 2.71. The van der Waals surface area contributed by atoms with Gasteiger partial charge in [0, 0.05) is 6.54 Å². The fourth-order valence-electron chi connectivity index (χ4n) is 1.27. The summed E-state index contributed by atoms with van der Waals surface area (Å²) in [7, 11) is 0. The molecule has 0 aromatic heterocycles. The number of ether oxygens (including phenoxy) is 2. The molecule has 1 atom stereocenters. The third-order valence-corrected chi connectivity index (χ3v) is 2.05. The predicted octanol–water partition coefficient (Wildman–Crippen LogP) is 1.53. The van der Waals surface area contributed by atoms with Gasteiger partial charge in [0.25, 0.3) is 0 Å². The minimum Gasteiger partial charge on any atom is -0.351 e. The average Bonchev–Trinajstić information content (AvgIpc) is 2.04. The second-order valence-corrected chi connectivity index (χ2v) is 4.51. The number of hydrogen-bond acceptors (Lipinski definition) is 3. The molecule has 3 nitrogen and oxygen atoms in total. The van der Waals surface area contributed by atoms with Crippen LogP contribution in [0, 0.1) is 0 Å². The number of piperidine rings is 1. The van der Waals surface area contributed by atoms with Crippen LogP contribution in [0.15, 0.2) is 0 Å². The van der Waals surface area contributed by atoms with Crippen LogP contribution in [-0.2, 0) is 9.47 Å². The molecule has 1 aliphatic heterocycles. The summed E-state index contributed by atoms with van der Waals surface area (Å²) >= 11 is 0. The van der Waals surface area contributed by atoms with Crippen molar-refractivity contribution in [3.05, 3.63) is 0 Å². The van der Waals surface area contributed by atoms with Crippen molar-refractivity contribution in [3.8, 4) is 0 Å². The second kappa shape index (κ2) is 4.94. The lowest BCUT2D eigenvalue weighted by atomic mass is 10.1. The minimum atomic E-state index is -0.0951. The zero-order valence-corrected chi connectivity index (χ0v) is 8.93. The fraction of sp³-hybridized carbons (Fsp3) is 1.00. The summed E-state index contributed by atoms with van der Waals surface area (Å²) in [5.41, 5.74) is -0.0951. The molecular formula is C10H21NO2. The van der Waals surface area contributed by atoms with Crippen LogP contribution in [0.4, 0.5) is 0 Å². The number of nitrogens with one attached hydrogen (secondary N) is 1. The van der Waals surface area contributed by atoms with Gasteiger partial charge in [-0.1, -0.05) is 0 Å². The number of rotatable bonds is 3. The topological polar surface area (TPSA) is 30.5 Å². The lowest BCUT2D eigenvalue weighted by Crippen LogP contribution is -2.36. The van der Waals surface area contributed by atoms with E-state index >= 15 is 0 Å². The van der Waals surface area contributed by atoms with Crippen molar-refractivity contribution in [3.63, 3.8) is 0 Å². The van der Waals surface area contributed by atoms with Gasteiger partial charge < -0.3 is 14.8 Å². The van der Waals surface area contributed by atoms with Gasteiger partial charge in [-0.2, -0.15) is 0 Å². The maximum Gasteiger partial charge on any atom is 0.147 e. The molecule has 0 radical (unpaired) electrons. The third kappa shape index (κ3) is 5.24. The van der Waals surface area contributed by atoms with Gasteiger partial charge in [0.15, 0.2) is 0 Å². The van der Waals surface area contributed by atoms with Crippen LogP contribution in [0.25, 0.3) is 0 Å². The molecule has 0 saturated carbocycles. The highest BCUT2D eigenvalue weighted by Gasteiger charge is 2.15. The molecule has 0 spiro atoms. The van der Waals surface area contributed by atoms with Gasteiger partial charge in [-0.3, -0.25) is 0 Å². The summed E-state index contributed by atoms with van der Waals surface area (Å²) in [6.45, 7) is 8.61. The molecule has 1 saturated heterocycles. The van der Waals surface area contributed by atoms with E-state index in [1.54, 1.807) is 0 Å². The van der Waals surface area contributed by atoms with Gasteiger partial charge in [0.05, 0.1) is 11.7 Å². The molecule has 1 aliphatic rings. The molecule has 1 heterocycles. The van der Waals surface area contributed by atoms with Crippen LogP contribution in [0.1, 0.15) is 33.6 Å². The van der Waals surface area contributed by atoms with Gasteiger partial charge in [0.1, 0.15) is 6.79 Å². The van der Waals surface area contributed by atoms with E-state index < -0.39 is 0 Å². The molecule has 1 rings (SSSR count). The number of hydrogen-bond donors (Lipinski definition) is 1. The van der Waals surface area contributed by atoms with Gasteiger partial charge in [-0.25, -0.2) is 0 Å². The lowest BCUT2D eigenvalue weighted by Gasteiger charge is -2.25. The van der Waals surface area contributed by atoms with Crippen LogP contribution in [0.3, 0.4) is 0 Å². The summed E-state index contributed by atoms with van der Waals surface area (Å²) in [5, 5.41) is 3.30. The second-order valence-electron chi connectivity index (χ2n) is 4.51. The average molecular weight is 187 g/mol. The van der Waals surface area contributed by atoms with Crippen molar-refractivity contribution < 1.29 is 9.47 Å². The molecule has 0 aromatic carbocycles. The van der Waals surface area contributed by atoms with E-state index in [1.807, 2.05) is 20.8 Å². The van der Waals surface area contributed by atoms with Crippen molar-refractivity contribution in [1.82, 2.24) is 5.32 Å². The van der Waals surface area contributed by atoms with Gasteiger partial charge in [0.2, 0.25) is 0 Å². The van der Waals surface area contributed by atoms with Gasteiger partial charge in [-0.15, -0.1) is 0 Å². The fourth-order valence-corrected chi connectivity index (χ4v) is 1.27. The Morgan fingerprint density at radius 1 is 1.38 bits per heavy atom. The molecule has 78 valence electrons. The molecule has 0 aliphatic carbocycles. The van der Waals surface area contributed by atoms with Gasteiger partial charge >= 0.3 is 0 Å². The molecule has 0 amide bonds. The largest absolute Gasteiger partial charge is 0.351 e. The van der Waals surface area contributed by atoms with E-state index in [0.717, 1.165) is 19.5 Å². The Labute approximate surface area is 80.8 Å². The first-order valence-electron chi connectivity index (χ1n) is 5.04. The zero-order valence-electron chi connectivity index (χ0n) is 8.93. The minimum absolute atomic E-state index is 0.0951. The highest BCUT2D eigenvalue weighted by Crippen LogP contribution is 2.10. The maximum absolute atomic E-state index is 5.57. The highest BCUT2D eigenvalue weighted by atomic mass is 16.7. The smallest absolute Gasteiger partial charge is 0.147 e. The summed E-state index contributed by atoms with van der Waals surface area (Å²) in [6, 6.07) is 0. The van der Waals surface area contributed by atoms with Crippen LogP contribution < -0.4 is 5.32 Å². The molecule has 13 heavy (non-hydrogen) atoms. The SMILES string of the molecule is CC(C)(C)OCOC1CCCNC1. The molecule has 1 unspecified atom stereocenters. The Bertz CT molecular complexity index is 136. The quantitative estimate of drug-likeness (QED) is 0.680. The van der Waals surface area contributed by atoms with Crippen LogP contribution in [-0.4, -0.2) is 31.6 Å². The van der Waals surface area contributed by atoms with Crippen LogP contribution >= 0.6 is 0 Å². The molecule has 0 aromatic rings. The van der Waals surface area contributed by atoms with Gasteiger partial charge in [-0.05, 0) is 40.2 Å². The lowest BCUT2D eigenvalue weighted by molar-refractivity contribution is -0.145. The molecule has 1 N–H and O–H groups in total. The van der Waals surface area contributed by atoms with Crippen LogP contribution in [0.5, 0.6) is 0 Å². The van der Waals surface area contributed by atoms with E-state index in [0.29, 0.717) is 12.9 Å². The highest BCUT2D eigenvalue weighted by molar-refractivity contribution is 4.68. The standard InChI is InChI=1S/C10H21NO2/c1-10(2,3)13-8-12-9-5-4-6-11-7-9/h9,11H,4-8H2,1-3H3. The predicted molar refractivity (Wildman–Crippen MR) is 52.7 cm³/mol. The third-order valence-electron chi connectivity index (χ3n) is 2.05. The molecular weight excluding hydrogens is 166 g/mol. The normalized spacial score (nSPS) is 24.7. The van der Waals surface area contributed by atoms with Crippen LogP contribution in [0.2, 0.25) is 0 Å². The molecule has 1 fully saturated rings. The first kappa shape index (κ1) is 11.0. The monoisotopic (exact) mass is 187 g/mol. The molecule has 3 heteroatoms. The Kier molecular flexibility index (Phi) is 4.16. The molecule has 0 bridgehead atoms. The van der Waals surface area contributed by atoms with E-state index in [2.05, 4.69) is 5.32 Å². The Morgan fingerprint density at radius 3 is 2.69 bits per heavy atom. The first-order chi connectivity index (χ1) is 6.08. The van der Waals surface area contributed by atoms with Crippen molar-refractivity contribution >= 4 is 0 Å². The van der Waals surface area contributed by atoms with Crippen molar-refractivity contribution in [1.29, 1.82) is 0 Å². The zero-order chi connectivity index (χ0) is 9.73. The Morgan fingerprint density at radius 2 is 2.15 bits per heavy atom. The van der Waals surface area contributed by atoms with E-state index in [1.165, 1.54) is 6.42 Å².